The topological polar surface area (TPSA) is 24.5 Å². The Morgan fingerprint density at radius 1 is 1.30 bits per heavy atom. The molecule has 2 aliphatic rings. The summed E-state index contributed by atoms with van der Waals surface area (Å²) in [6.45, 7) is 11.6. The third kappa shape index (κ3) is 4.71. The molecule has 3 nitrogen and oxygen atoms in total. The number of nitrogens with one attached hydrogen (secondary N) is 1. The summed E-state index contributed by atoms with van der Waals surface area (Å²) in [5.41, 5.74) is 0. The number of piperidine rings is 1. The predicted molar refractivity (Wildman–Crippen MR) is 85.1 cm³/mol. The molecule has 0 aromatic carbocycles. The minimum atomic E-state index is 0.504. The van der Waals surface area contributed by atoms with E-state index in [0.29, 0.717) is 12.1 Å². The first-order chi connectivity index (χ1) is 9.70. The van der Waals surface area contributed by atoms with Crippen molar-refractivity contribution in [2.75, 3.05) is 26.2 Å². The number of hydrogen-bond donors (Lipinski definition) is 1. The van der Waals surface area contributed by atoms with Crippen LogP contribution in [0.2, 0.25) is 0 Å². The molecular weight excluding hydrogens is 248 g/mol. The van der Waals surface area contributed by atoms with Crippen LogP contribution in [0.25, 0.3) is 0 Å². The van der Waals surface area contributed by atoms with Crippen LogP contribution in [-0.4, -0.2) is 49.3 Å². The summed E-state index contributed by atoms with van der Waals surface area (Å²) >= 11 is 0. The van der Waals surface area contributed by atoms with Crippen LogP contribution in [0.3, 0.4) is 0 Å². The molecule has 0 aromatic heterocycles. The standard InChI is InChI=1S/C17H34N2O/c1-4-6-17-11-16(8-10-20-17)19(14(2)3)13-15-7-5-9-18-12-15/h14-18H,4-13H2,1-3H3. The van der Waals surface area contributed by atoms with E-state index in [1.165, 1.54) is 58.2 Å². The van der Waals surface area contributed by atoms with Gasteiger partial charge in [-0.05, 0) is 65.0 Å². The molecule has 2 aliphatic heterocycles. The highest BCUT2D eigenvalue weighted by Crippen LogP contribution is 2.25. The Morgan fingerprint density at radius 2 is 2.15 bits per heavy atom. The lowest BCUT2D eigenvalue weighted by Gasteiger charge is -2.42. The maximum absolute atomic E-state index is 5.93. The molecule has 0 radical (unpaired) electrons. The Hall–Kier alpha value is -0.120. The molecule has 20 heavy (non-hydrogen) atoms. The van der Waals surface area contributed by atoms with Gasteiger partial charge < -0.3 is 10.1 Å². The fraction of sp³-hybridized carbons (Fsp3) is 1.00. The number of nitrogens with zero attached hydrogens (tertiary/aromatic N) is 1. The van der Waals surface area contributed by atoms with Crippen molar-refractivity contribution in [3.05, 3.63) is 0 Å². The average Bonchev–Trinajstić information content (AvgIpc) is 2.46. The van der Waals surface area contributed by atoms with E-state index in [-0.39, 0.29) is 0 Å². The molecule has 3 unspecified atom stereocenters. The van der Waals surface area contributed by atoms with Crippen LogP contribution < -0.4 is 5.32 Å². The zero-order chi connectivity index (χ0) is 14.4. The second-order valence-corrected chi connectivity index (χ2v) is 6.96. The fourth-order valence-electron chi connectivity index (χ4n) is 3.84. The Bertz CT molecular complexity index is 262. The molecule has 2 rings (SSSR count). The van der Waals surface area contributed by atoms with Crippen LogP contribution in [0.1, 0.15) is 59.3 Å². The van der Waals surface area contributed by atoms with Gasteiger partial charge >= 0.3 is 0 Å². The Morgan fingerprint density at radius 3 is 2.80 bits per heavy atom. The summed E-state index contributed by atoms with van der Waals surface area (Å²) in [6, 6.07) is 1.39. The zero-order valence-corrected chi connectivity index (χ0v) is 13.7. The summed E-state index contributed by atoms with van der Waals surface area (Å²) in [6.07, 6.45) is 8.19. The second kappa shape index (κ2) is 8.35. The summed E-state index contributed by atoms with van der Waals surface area (Å²) in [4.78, 5) is 2.77. The molecule has 0 saturated carbocycles. The highest BCUT2D eigenvalue weighted by molar-refractivity contribution is 4.84. The van der Waals surface area contributed by atoms with E-state index in [0.717, 1.165) is 18.6 Å². The minimum Gasteiger partial charge on any atom is -0.378 e. The van der Waals surface area contributed by atoms with Crippen molar-refractivity contribution in [2.45, 2.75) is 77.5 Å². The number of hydrogen-bond acceptors (Lipinski definition) is 3. The van der Waals surface area contributed by atoms with E-state index in [1.54, 1.807) is 0 Å². The van der Waals surface area contributed by atoms with Gasteiger partial charge in [0.15, 0.2) is 0 Å². The molecule has 0 aliphatic carbocycles. The first-order valence-electron chi connectivity index (χ1n) is 8.78. The number of rotatable bonds is 6. The maximum atomic E-state index is 5.93. The third-order valence-corrected chi connectivity index (χ3v) is 4.95. The van der Waals surface area contributed by atoms with Gasteiger partial charge in [0.2, 0.25) is 0 Å². The molecule has 2 saturated heterocycles. The molecule has 0 bridgehead atoms. The molecule has 0 aromatic rings. The van der Waals surface area contributed by atoms with E-state index < -0.39 is 0 Å². The molecular formula is C17H34N2O. The monoisotopic (exact) mass is 282 g/mol. The van der Waals surface area contributed by atoms with Gasteiger partial charge in [-0.3, -0.25) is 4.90 Å². The molecule has 2 heterocycles. The van der Waals surface area contributed by atoms with E-state index in [9.17, 15) is 0 Å². The summed E-state index contributed by atoms with van der Waals surface area (Å²) < 4.78 is 5.93. The SMILES string of the molecule is CCCC1CC(N(CC2CCCNC2)C(C)C)CCO1. The average molecular weight is 282 g/mol. The van der Waals surface area contributed by atoms with Gasteiger partial charge in [0.05, 0.1) is 6.10 Å². The molecule has 2 fully saturated rings. The van der Waals surface area contributed by atoms with Crippen LogP contribution in [0, 0.1) is 5.92 Å². The van der Waals surface area contributed by atoms with Crippen LogP contribution in [0.15, 0.2) is 0 Å². The van der Waals surface area contributed by atoms with Gasteiger partial charge in [-0.25, -0.2) is 0 Å². The van der Waals surface area contributed by atoms with Crippen molar-refractivity contribution in [3.8, 4) is 0 Å². The van der Waals surface area contributed by atoms with Gasteiger partial charge in [0.1, 0.15) is 0 Å². The van der Waals surface area contributed by atoms with Gasteiger partial charge in [-0.2, -0.15) is 0 Å². The van der Waals surface area contributed by atoms with Crippen molar-refractivity contribution in [2.24, 2.45) is 5.92 Å². The first-order valence-corrected chi connectivity index (χ1v) is 8.78. The van der Waals surface area contributed by atoms with Gasteiger partial charge in [-0.15, -0.1) is 0 Å². The van der Waals surface area contributed by atoms with Gasteiger partial charge in [0, 0.05) is 25.2 Å². The zero-order valence-electron chi connectivity index (χ0n) is 13.7. The van der Waals surface area contributed by atoms with E-state index in [2.05, 4.69) is 31.0 Å². The van der Waals surface area contributed by atoms with Crippen LogP contribution >= 0.6 is 0 Å². The first kappa shape index (κ1) is 16.3. The van der Waals surface area contributed by atoms with E-state index >= 15 is 0 Å². The lowest BCUT2D eigenvalue weighted by atomic mass is 9.94. The highest BCUT2D eigenvalue weighted by Gasteiger charge is 2.30. The van der Waals surface area contributed by atoms with Crippen molar-refractivity contribution >= 4 is 0 Å². The van der Waals surface area contributed by atoms with Crippen LogP contribution in [-0.2, 0) is 4.74 Å². The molecule has 3 heteroatoms. The highest BCUT2D eigenvalue weighted by atomic mass is 16.5. The molecule has 0 spiro atoms. The summed E-state index contributed by atoms with van der Waals surface area (Å²) in [5, 5.41) is 3.56. The molecule has 3 atom stereocenters. The van der Waals surface area contributed by atoms with Crippen molar-refractivity contribution in [3.63, 3.8) is 0 Å². The predicted octanol–water partition coefficient (Wildman–Crippen LogP) is 3.04. The second-order valence-electron chi connectivity index (χ2n) is 6.96. The minimum absolute atomic E-state index is 0.504. The quantitative estimate of drug-likeness (QED) is 0.810. The third-order valence-electron chi connectivity index (χ3n) is 4.95. The smallest absolute Gasteiger partial charge is 0.0590 e. The van der Waals surface area contributed by atoms with Crippen molar-refractivity contribution < 1.29 is 4.74 Å². The largest absolute Gasteiger partial charge is 0.378 e. The van der Waals surface area contributed by atoms with Gasteiger partial charge in [0.25, 0.3) is 0 Å². The van der Waals surface area contributed by atoms with E-state index in [1.807, 2.05) is 0 Å². The number of ether oxygens (including phenoxy) is 1. The van der Waals surface area contributed by atoms with Crippen LogP contribution in [0.4, 0.5) is 0 Å². The van der Waals surface area contributed by atoms with Crippen molar-refractivity contribution in [1.82, 2.24) is 10.2 Å². The Kier molecular flexibility index (Phi) is 6.79. The Balaban J connectivity index is 1.89. The molecule has 1 N–H and O–H groups in total. The molecule has 118 valence electrons. The lowest BCUT2D eigenvalue weighted by Crippen LogP contribution is -2.49. The maximum Gasteiger partial charge on any atom is 0.0590 e. The fourth-order valence-corrected chi connectivity index (χ4v) is 3.84. The normalized spacial score (nSPS) is 31.9. The van der Waals surface area contributed by atoms with Crippen molar-refractivity contribution in [1.29, 1.82) is 0 Å². The summed E-state index contributed by atoms with van der Waals surface area (Å²) in [7, 11) is 0. The Labute approximate surface area is 125 Å². The van der Waals surface area contributed by atoms with Gasteiger partial charge in [-0.1, -0.05) is 13.3 Å². The van der Waals surface area contributed by atoms with Crippen LogP contribution in [0.5, 0.6) is 0 Å². The van der Waals surface area contributed by atoms with E-state index in [4.69, 9.17) is 4.74 Å². The lowest BCUT2D eigenvalue weighted by molar-refractivity contribution is -0.0411. The molecule has 0 amide bonds. The summed E-state index contributed by atoms with van der Waals surface area (Å²) in [5.74, 6) is 0.846.